The van der Waals surface area contributed by atoms with Gasteiger partial charge in [0, 0.05) is 24.6 Å². The summed E-state index contributed by atoms with van der Waals surface area (Å²) in [6.07, 6.45) is 4.27. The largest absolute Gasteiger partial charge is 0.475 e. The summed E-state index contributed by atoms with van der Waals surface area (Å²) < 4.78 is 58.4. The van der Waals surface area contributed by atoms with Crippen molar-refractivity contribution in [2.75, 3.05) is 24.4 Å². The lowest BCUT2D eigenvalue weighted by atomic mass is 9.52. The van der Waals surface area contributed by atoms with Gasteiger partial charge in [0.25, 0.3) is 15.9 Å². The van der Waals surface area contributed by atoms with Crippen LogP contribution in [0, 0.1) is 42.8 Å². The summed E-state index contributed by atoms with van der Waals surface area (Å²) in [6.45, 7) is 15.2. The first-order valence-corrected chi connectivity index (χ1v) is 18.9. The molecule has 3 aromatic rings. The number of aromatic nitrogens is 2. The average Bonchev–Trinajstić information content (AvgIpc) is 2.99. The molecular formula is C38H49FN4O5S. The highest BCUT2D eigenvalue weighted by atomic mass is 32.2. The Morgan fingerprint density at radius 3 is 2.37 bits per heavy atom. The van der Waals surface area contributed by atoms with E-state index < -0.39 is 21.4 Å². The molecule has 1 amide bonds. The smallest absolute Gasteiger partial charge is 0.410 e. The number of piperidine rings is 1. The predicted octanol–water partition coefficient (Wildman–Crippen LogP) is 8.27. The number of likely N-dealkylation sites (tertiary alicyclic amines) is 1. The van der Waals surface area contributed by atoms with Gasteiger partial charge in [0.15, 0.2) is 0 Å². The lowest BCUT2D eigenvalue weighted by molar-refractivity contribution is -0.0433. The maximum Gasteiger partial charge on any atom is 0.410 e. The summed E-state index contributed by atoms with van der Waals surface area (Å²) in [6, 6.07) is 12.8. The van der Waals surface area contributed by atoms with Gasteiger partial charge in [-0.1, -0.05) is 44.2 Å². The molecule has 11 heteroatoms. The Balaban J connectivity index is 1.34. The van der Waals surface area contributed by atoms with Crippen molar-refractivity contribution in [3.8, 4) is 17.1 Å². The van der Waals surface area contributed by atoms with Crippen molar-refractivity contribution in [3.63, 3.8) is 0 Å². The van der Waals surface area contributed by atoms with E-state index in [0.29, 0.717) is 24.6 Å². The Bertz CT molecular complexity index is 1800. The number of carbonyl (C=O) groups is 1. The van der Waals surface area contributed by atoms with E-state index in [0.717, 1.165) is 48.8 Å². The molecule has 1 aromatic heterocycles. The number of nitrogens with one attached hydrogen (secondary N) is 1. The zero-order chi connectivity index (χ0) is 35.3. The van der Waals surface area contributed by atoms with Gasteiger partial charge >= 0.3 is 6.09 Å². The number of amides is 1. The molecule has 6 rings (SSSR count). The highest BCUT2D eigenvalue weighted by molar-refractivity contribution is 7.92. The van der Waals surface area contributed by atoms with Gasteiger partial charge in [-0.15, -0.1) is 0 Å². The minimum Gasteiger partial charge on any atom is -0.475 e. The second-order valence-electron chi connectivity index (χ2n) is 15.8. The van der Waals surface area contributed by atoms with Crippen LogP contribution >= 0.6 is 0 Å². The number of hydrogen-bond donors (Lipinski definition) is 1. The number of carbonyl (C=O) groups excluding carboxylic acids is 1. The quantitative estimate of drug-likeness (QED) is 0.293. The topological polar surface area (TPSA) is 111 Å². The van der Waals surface area contributed by atoms with E-state index in [1.54, 1.807) is 18.2 Å². The van der Waals surface area contributed by atoms with Crippen LogP contribution in [0.1, 0.15) is 89.3 Å². The van der Waals surface area contributed by atoms with E-state index in [1.807, 2.05) is 63.8 Å². The van der Waals surface area contributed by atoms with Gasteiger partial charge in [-0.05, 0) is 119 Å². The molecule has 49 heavy (non-hydrogen) atoms. The molecule has 1 saturated carbocycles. The van der Waals surface area contributed by atoms with E-state index in [1.165, 1.54) is 0 Å². The molecule has 1 spiro atoms. The third-order valence-electron chi connectivity index (χ3n) is 10.4. The lowest BCUT2D eigenvalue weighted by Crippen LogP contribution is -2.51. The first kappa shape index (κ1) is 35.1. The molecule has 1 aliphatic carbocycles. The molecule has 2 atom stereocenters. The summed E-state index contributed by atoms with van der Waals surface area (Å²) in [4.78, 5) is 23.3. The van der Waals surface area contributed by atoms with Crippen molar-refractivity contribution in [1.82, 2.24) is 14.9 Å². The Morgan fingerprint density at radius 1 is 1.08 bits per heavy atom. The highest BCUT2D eigenvalue weighted by Crippen LogP contribution is 2.59. The monoisotopic (exact) mass is 692 g/mol. The van der Waals surface area contributed by atoms with Crippen molar-refractivity contribution in [2.24, 2.45) is 23.2 Å². The molecule has 1 N–H and O–H groups in total. The van der Waals surface area contributed by atoms with Crippen molar-refractivity contribution in [1.29, 1.82) is 0 Å². The third-order valence-corrected chi connectivity index (χ3v) is 11.7. The number of nitrogens with zero attached hydrogens (tertiary/aromatic N) is 3. The Morgan fingerprint density at radius 2 is 1.73 bits per heavy atom. The van der Waals surface area contributed by atoms with Gasteiger partial charge < -0.3 is 14.4 Å². The lowest BCUT2D eigenvalue weighted by Gasteiger charge is -2.55. The maximum atomic E-state index is 16.3. The zero-order valence-corrected chi connectivity index (χ0v) is 30.5. The van der Waals surface area contributed by atoms with Crippen LogP contribution in [-0.2, 0) is 14.8 Å². The number of ether oxygens (including phenoxy) is 2. The maximum absolute atomic E-state index is 16.3. The van der Waals surface area contributed by atoms with Gasteiger partial charge in [0.1, 0.15) is 11.3 Å². The van der Waals surface area contributed by atoms with E-state index in [9.17, 15) is 13.2 Å². The van der Waals surface area contributed by atoms with Crippen molar-refractivity contribution in [3.05, 3.63) is 65.0 Å². The minimum absolute atomic E-state index is 0.000251. The standard InChI is InChI=1S/C38H49FN4O5S/c1-23(2)18-27-22-47-34-32(39)33(30-24(3)10-8-11-25(30)4)40-35(41-34)42-49(45,46)29-13-9-12-26(19-29)31(27)28-20-38(21-28)14-16-43(17-15-38)36(44)48-37(5,6)7/h8-13,19,23,27-28,31H,14-18,20-22H2,1-7H3,(H,40,41,42)/t27-,31?/m1/s1. The number of sulfonamides is 1. The zero-order valence-electron chi connectivity index (χ0n) is 29.7. The summed E-state index contributed by atoms with van der Waals surface area (Å²) in [5.41, 5.74) is 2.71. The van der Waals surface area contributed by atoms with Crippen LogP contribution in [0.15, 0.2) is 47.4 Å². The second kappa shape index (κ2) is 13.2. The fourth-order valence-corrected chi connectivity index (χ4v) is 9.23. The van der Waals surface area contributed by atoms with Crippen LogP contribution in [0.2, 0.25) is 0 Å². The first-order chi connectivity index (χ1) is 23.0. The summed E-state index contributed by atoms with van der Waals surface area (Å²) in [5.74, 6) is -0.678. The van der Waals surface area contributed by atoms with Gasteiger partial charge in [0.2, 0.25) is 11.8 Å². The Labute approximate surface area is 290 Å². The molecule has 264 valence electrons. The van der Waals surface area contributed by atoms with E-state index in [2.05, 4.69) is 28.5 Å². The van der Waals surface area contributed by atoms with Crippen molar-refractivity contribution in [2.45, 2.75) is 97.0 Å². The van der Waals surface area contributed by atoms with Crippen molar-refractivity contribution < 1.29 is 27.1 Å². The van der Waals surface area contributed by atoms with E-state index in [4.69, 9.17) is 9.47 Å². The first-order valence-electron chi connectivity index (χ1n) is 17.4. The third kappa shape index (κ3) is 7.42. The highest BCUT2D eigenvalue weighted by Gasteiger charge is 2.51. The fraction of sp³-hybridized carbons (Fsp3) is 0.553. The van der Waals surface area contributed by atoms with Gasteiger partial charge in [-0.3, -0.25) is 0 Å². The van der Waals surface area contributed by atoms with Crippen molar-refractivity contribution >= 4 is 22.1 Å². The number of fused-ring (bicyclic) bond motifs is 4. The summed E-state index contributed by atoms with van der Waals surface area (Å²) in [5, 5.41) is 0. The number of hydrogen-bond acceptors (Lipinski definition) is 7. The second-order valence-corrected chi connectivity index (χ2v) is 17.5. The van der Waals surface area contributed by atoms with Crippen LogP contribution in [0.5, 0.6) is 5.88 Å². The summed E-state index contributed by atoms with van der Waals surface area (Å²) in [7, 11) is -4.11. The summed E-state index contributed by atoms with van der Waals surface area (Å²) >= 11 is 0. The molecule has 0 radical (unpaired) electrons. The SMILES string of the molecule is Cc1cccc(C)c1-c1nc2nc(c1F)OC[C@@H](CC(C)C)C(C1CC3(CCN(C(=O)OC(C)(C)C)CC3)C1)c1cccc(c1)S(=O)(=O)N2. The van der Waals surface area contributed by atoms with Crippen LogP contribution in [-0.4, -0.2) is 54.7 Å². The van der Waals surface area contributed by atoms with E-state index >= 15 is 4.39 Å². The molecule has 1 saturated heterocycles. The molecule has 3 aliphatic rings. The van der Waals surface area contributed by atoms with Crippen LogP contribution in [0.3, 0.4) is 0 Å². The number of halogens is 1. The molecule has 2 aliphatic heterocycles. The fourth-order valence-electron chi connectivity index (χ4n) is 8.23. The normalized spacial score (nSPS) is 21.9. The van der Waals surface area contributed by atoms with Crippen LogP contribution < -0.4 is 9.46 Å². The molecule has 9 nitrogen and oxygen atoms in total. The molecule has 2 aromatic carbocycles. The number of anilines is 1. The Hall–Kier alpha value is -3.73. The molecule has 3 heterocycles. The number of benzene rings is 2. The molecule has 2 fully saturated rings. The van der Waals surface area contributed by atoms with Crippen LogP contribution in [0.4, 0.5) is 15.1 Å². The minimum atomic E-state index is -4.11. The number of rotatable bonds is 4. The average molecular weight is 693 g/mol. The van der Waals surface area contributed by atoms with Gasteiger partial charge in [-0.2, -0.15) is 9.37 Å². The van der Waals surface area contributed by atoms with E-state index in [-0.39, 0.29) is 58.3 Å². The number of aryl methyl sites for hydroxylation is 2. The molecule has 1 unspecified atom stereocenters. The van der Waals surface area contributed by atoms with Gasteiger partial charge in [0.05, 0.1) is 11.5 Å². The molecule has 4 bridgehead atoms. The molecular weight excluding hydrogens is 644 g/mol. The Kier molecular flexibility index (Phi) is 9.45. The predicted molar refractivity (Wildman–Crippen MR) is 188 cm³/mol. The van der Waals surface area contributed by atoms with Gasteiger partial charge in [-0.25, -0.2) is 22.9 Å². The van der Waals surface area contributed by atoms with Crippen LogP contribution in [0.25, 0.3) is 11.3 Å².